The van der Waals surface area contributed by atoms with Crippen LogP contribution in [0.2, 0.25) is 0 Å². The molecule has 110 valence electrons. The minimum Gasteiger partial charge on any atom is -0.478 e. The van der Waals surface area contributed by atoms with Gasteiger partial charge < -0.3 is 15.7 Å². The van der Waals surface area contributed by atoms with E-state index in [1.807, 2.05) is 4.90 Å². The van der Waals surface area contributed by atoms with Gasteiger partial charge in [0.2, 0.25) is 0 Å². The first-order chi connectivity index (χ1) is 9.36. The van der Waals surface area contributed by atoms with Crippen LogP contribution in [0.25, 0.3) is 0 Å². The quantitative estimate of drug-likeness (QED) is 0.835. The fourth-order valence-electron chi connectivity index (χ4n) is 2.66. The van der Waals surface area contributed by atoms with Gasteiger partial charge in [-0.1, -0.05) is 20.3 Å². The Kier molecular flexibility index (Phi) is 3.88. The second-order valence-electron chi connectivity index (χ2n) is 5.85. The third-order valence-corrected chi connectivity index (χ3v) is 4.51. The number of hydrogen-bond acceptors (Lipinski definition) is 3. The van der Waals surface area contributed by atoms with Crippen LogP contribution in [0.3, 0.4) is 0 Å². The zero-order chi connectivity index (χ0) is 14.9. The Bertz CT molecular complexity index is 523. The number of hydrogen-bond donors (Lipinski definition) is 2. The first kappa shape index (κ1) is 14.6. The molecular weight excluding hydrogens is 259 g/mol. The molecule has 0 amide bonds. The first-order valence-corrected chi connectivity index (χ1v) is 6.93. The van der Waals surface area contributed by atoms with Gasteiger partial charge in [0.05, 0.1) is 16.9 Å². The topological polar surface area (TPSA) is 66.6 Å². The molecule has 0 radical (unpaired) electrons. The highest BCUT2D eigenvalue weighted by Crippen LogP contribution is 2.37. The third kappa shape index (κ3) is 2.71. The summed E-state index contributed by atoms with van der Waals surface area (Å²) in [5.41, 5.74) is 6.78. The highest BCUT2D eigenvalue weighted by molar-refractivity contribution is 5.91. The molecule has 1 heterocycles. The molecule has 0 spiro atoms. The molecule has 1 aromatic carbocycles. The second-order valence-corrected chi connectivity index (χ2v) is 5.85. The molecular formula is C15H21FN2O2. The number of halogens is 1. The van der Waals surface area contributed by atoms with Crippen LogP contribution >= 0.6 is 0 Å². The van der Waals surface area contributed by atoms with E-state index in [1.165, 1.54) is 12.1 Å². The van der Waals surface area contributed by atoms with Gasteiger partial charge in [0, 0.05) is 19.2 Å². The predicted octanol–water partition coefficient (Wildman–Crippen LogP) is 3.12. The number of nitrogens with zero attached hydrogens (tertiary/aromatic N) is 1. The van der Waals surface area contributed by atoms with Gasteiger partial charge in [-0.3, -0.25) is 0 Å². The lowest BCUT2D eigenvalue weighted by Crippen LogP contribution is -2.38. The van der Waals surface area contributed by atoms with Gasteiger partial charge in [-0.2, -0.15) is 0 Å². The Hall–Kier alpha value is -1.78. The van der Waals surface area contributed by atoms with Gasteiger partial charge in [-0.05, 0) is 24.3 Å². The molecule has 0 unspecified atom stereocenters. The minimum absolute atomic E-state index is 0.323. The molecule has 1 aliphatic heterocycles. The van der Waals surface area contributed by atoms with Gasteiger partial charge in [0.25, 0.3) is 0 Å². The van der Waals surface area contributed by atoms with Gasteiger partial charge in [-0.25, -0.2) is 9.18 Å². The summed E-state index contributed by atoms with van der Waals surface area (Å²) in [6, 6.07) is 2.45. The summed E-state index contributed by atoms with van der Waals surface area (Å²) in [5.74, 6) is -2.02. The standard InChI is InChI=1S/C15H21FN2O2/c1-3-15(2)4-6-18(7-5-15)13-9-11(16)10(14(19)20)8-12(13)17/h8-9H,3-7,17H2,1-2H3,(H,19,20). The summed E-state index contributed by atoms with van der Waals surface area (Å²) in [5, 5.41) is 8.88. The number of anilines is 2. The smallest absolute Gasteiger partial charge is 0.338 e. The molecule has 1 aliphatic rings. The van der Waals surface area contributed by atoms with E-state index in [2.05, 4.69) is 13.8 Å². The van der Waals surface area contributed by atoms with Crippen molar-refractivity contribution in [2.75, 3.05) is 23.7 Å². The molecule has 1 fully saturated rings. The number of rotatable bonds is 3. The number of nitrogens with two attached hydrogens (primary N) is 1. The van der Waals surface area contributed by atoms with Gasteiger partial charge in [-0.15, -0.1) is 0 Å². The van der Waals surface area contributed by atoms with E-state index < -0.39 is 11.8 Å². The summed E-state index contributed by atoms with van der Waals surface area (Å²) in [6.07, 6.45) is 3.19. The monoisotopic (exact) mass is 280 g/mol. The van der Waals surface area contributed by atoms with Crippen molar-refractivity contribution in [1.82, 2.24) is 0 Å². The maximum Gasteiger partial charge on any atom is 0.338 e. The highest BCUT2D eigenvalue weighted by atomic mass is 19.1. The molecule has 2 rings (SSSR count). The largest absolute Gasteiger partial charge is 0.478 e. The number of carbonyl (C=O) groups is 1. The number of carboxylic acids is 1. The van der Waals surface area contributed by atoms with Crippen LogP contribution in [0.15, 0.2) is 12.1 Å². The SMILES string of the molecule is CCC1(C)CCN(c2cc(F)c(C(=O)O)cc2N)CC1. The molecule has 0 atom stereocenters. The van der Waals surface area contributed by atoms with E-state index in [9.17, 15) is 9.18 Å². The lowest BCUT2D eigenvalue weighted by atomic mass is 9.78. The Morgan fingerprint density at radius 2 is 2.05 bits per heavy atom. The van der Waals surface area contributed by atoms with E-state index in [4.69, 9.17) is 10.8 Å². The highest BCUT2D eigenvalue weighted by Gasteiger charge is 2.29. The number of aromatic carboxylic acids is 1. The van der Waals surface area contributed by atoms with Crippen molar-refractivity contribution in [1.29, 1.82) is 0 Å². The van der Waals surface area contributed by atoms with Crippen LogP contribution in [-0.2, 0) is 0 Å². The zero-order valence-corrected chi connectivity index (χ0v) is 11.9. The molecule has 1 saturated heterocycles. The number of carboxylic acid groups (broad SMARTS) is 1. The van der Waals surface area contributed by atoms with E-state index in [0.717, 1.165) is 32.4 Å². The van der Waals surface area contributed by atoms with Crippen molar-refractivity contribution >= 4 is 17.3 Å². The summed E-state index contributed by atoms with van der Waals surface area (Å²) < 4.78 is 13.8. The maximum absolute atomic E-state index is 13.8. The Labute approximate surface area is 118 Å². The summed E-state index contributed by atoms with van der Waals surface area (Å²) in [4.78, 5) is 12.9. The zero-order valence-electron chi connectivity index (χ0n) is 11.9. The molecule has 5 heteroatoms. The molecule has 1 aromatic rings. The van der Waals surface area contributed by atoms with Crippen LogP contribution < -0.4 is 10.6 Å². The van der Waals surface area contributed by atoms with E-state index in [-0.39, 0.29) is 5.56 Å². The average Bonchev–Trinajstić information content (AvgIpc) is 2.42. The normalized spacial score (nSPS) is 18.1. The first-order valence-electron chi connectivity index (χ1n) is 6.93. The Morgan fingerprint density at radius 1 is 1.45 bits per heavy atom. The van der Waals surface area contributed by atoms with Crippen molar-refractivity contribution in [3.05, 3.63) is 23.5 Å². The second kappa shape index (κ2) is 5.31. The van der Waals surface area contributed by atoms with Crippen LogP contribution in [0.5, 0.6) is 0 Å². The summed E-state index contributed by atoms with van der Waals surface area (Å²) in [6.45, 7) is 6.09. The lowest BCUT2D eigenvalue weighted by Gasteiger charge is -2.40. The molecule has 4 nitrogen and oxygen atoms in total. The number of piperidine rings is 1. The minimum atomic E-state index is -1.29. The maximum atomic E-state index is 13.8. The molecule has 3 N–H and O–H groups in total. The molecule has 0 bridgehead atoms. The predicted molar refractivity (Wildman–Crippen MR) is 77.6 cm³/mol. The van der Waals surface area contributed by atoms with Gasteiger partial charge >= 0.3 is 5.97 Å². The van der Waals surface area contributed by atoms with Crippen molar-refractivity contribution in [3.63, 3.8) is 0 Å². The van der Waals surface area contributed by atoms with E-state index in [0.29, 0.717) is 16.8 Å². The van der Waals surface area contributed by atoms with Crippen molar-refractivity contribution < 1.29 is 14.3 Å². The van der Waals surface area contributed by atoms with Gasteiger partial charge in [0.1, 0.15) is 5.82 Å². The van der Waals surface area contributed by atoms with Gasteiger partial charge in [0.15, 0.2) is 0 Å². The summed E-state index contributed by atoms with van der Waals surface area (Å²) in [7, 11) is 0. The molecule has 0 saturated carbocycles. The third-order valence-electron chi connectivity index (χ3n) is 4.51. The molecule has 20 heavy (non-hydrogen) atoms. The average molecular weight is 280 g/mol. The summed E-state index contributed by atoms with van der Waals surface area (Å²) >= 11 is 0. The van der Waals surface area contributed by atoms with Crippen molar-refractivity contribution in [3.8, 4) is 0 Å². The van der Waals surface area contributed by atoms with Crippen LogP contribution in [-0.4, -0.2) is 24.2 Å². The van der Waals surface area contributed by atoms with Crippen molar-refractivity contribution in [2.24, 2.45) is 5.41 Å². The number of nitrogen functional groups attached to an aromatic ring is 1. The number of benzene rings is 1. The van der Waals surface area contributed by atoms with Crippen LogP contribution in [0.1, 0.15) is 43.5 Å². The lowest BCUT2D eigenvalue weighted by molar-refractivity contribution is 0.0692. The van der Waals surface area contributed by atoms with E-state index >= 15 is 0 Å². The molecule has 0 aliphatic carbocycles. The fourth-order valence-corrected chi connectivity index (χ4v) is 2.66. The Morgan fingerprint density at radius 3 is 2.55 bits per heavy atom. The van der Waals surface area contributed by atoms with Crippen LogP contribution in [0, 0.1) is 11.2 Å². The fraction of sp³-hybridized carbons (Fsp3) is 0.533. The van der Waals surface area contributed by atoms with Crippen LogP contribution in [0.4, 0.5) is 15.8 Å². The van der Waals surface area contributed by atoms with E-state index in [1.54, 1.807) is 0 Å². The molecule has 0 aromatic heterocycles. The Balaban J connectivity index is 2.23. The van der Waals surface area contributed by atoms with Crippen molar-refractivity contribution in [2.45, 2.75) is 33.1 Å².